The summed E-state index contributed by atoms with van der Waals surface area (Å²) in [6.45, 7) is 5.47. The number of nitrogens with zero attached hydrogens (tertiary/aromatic N) is 1. The zero-order valence-electron chi connectivity index (χ0n) is 11.1. The Balaban J connectivity index is 2.54. The van der Waals surface area contributed by atoms with Crippen LogP contribution in [0.4, 0.5) is 0 Å². The van der Waals surface area contributed by atoms with E-state index >= 15 is 0 Å². The molecule has 1 rings (SSSR count). The minimum Gasteiger partial charge on any atom is -0.460 e. The second kappa shape index (κ2) is 6.20. The molecule has 18 heavy (non-hydrogen) atoms. The summed E-state index contributed by atoms with van der Waals surface area (Å²) >= 11 is 0. The van der Waals surface area contributed by atoms with Gasteiger partial charge in [-0.2, -0.15) is 5.26 Å². The molecule has 0 aromatic heterocycles. The van der Waals surface area contributed by atoms with Crippen molar-refractivity contribution in [3.05, 3.63) is 35.9 Å². The fourth-order valence-corrected chi connectivity index (χ4v) is 1.65. The third kappa shape index (κ3) is 5.49. The van der Waals surface area contributed by atoms with Crippen molar-refractivity contribution in [1.29, 1.82) is 5.26 Å². The SMILES string of the molecule is CC(C)(C)OC(=O)CC(C#N)Cc1ccccc1. The lowest BCUT2D eigenvalue weighted by Gasteiger charge is -2.20. The van der Waals surface area contributed by atoms with Gasteiger partial charge >= 0.3 is 5.97 Å². The summed E-state index contributed by atoms with van der Waals surface area (Å²) in [4.78, 5) is 11.6. The molecule has 0 spiro atoms. The first-order valence-electron chi connectivity index (χ1n) is 6.06. The molecular weight excluding hydrogens is 226 g/mol. The molecule has 0 N–H and O–H groups in total. The Hall–Kier alpha value is -1.82. The van der Waals surface area contributed by atoms with Crippen molar-refractivity contribution in [2.24, 2.45) is 5.92 Å². The van der Waals surface area contributed by atoms with Gasteiger partial charge in [0.1, 0.15) is 5.60 Å². The molecule has 0 aliphatic carbocycles. The molecule has 1 aromatic carbocycles. The first-order valence-corrected chi connectivity index (χ1v) is 6.06. The lowest BCUT2D eigenvalue weighted by Crippen LogP contribution is -2.25. The van der Waals surface area contributed by atoms with Gasteiger partial charge in [0, 0.05) is 0 Å². The van der Waals surface area contributed by atoms with Gasteiger partial charge in [0.2, 0.25) is 0 Å². The van der Waals surface area contributed by atoms with Gasteiger partial charge in [-0.15, -0.1) is 0 Å². The van der Waals surface area contributed by atoms with Crippen LogP contribution in [0, 0.1) is 17.2 Å². The molecule has 0 amide bonds. The van der Waals surface area contributed by atoms with Crippen LogP contribution in [0.2, 0.25) is 0 Å². The minimum absolute atomic E-state index is 0.142. The number of ether oxygens (including phenoxy) is 1. The minimum atomic E-state index is -0.496. The van der Waals surface area contributed by atoms with Crippen LogP contribution in [-0.2, 0) is 16.0 Å². The fraction of sp³-hybridized carbons (Fsp3) is 0.467. The number of carbonyl (C=O) groups is 1. The normalized spacial score (nSPS) is 12.6. The maximum Gasteiger partial charge on any atom is 0.307 e. The molecular formula is C15H19NO2. The Bertz CT molecular complexity index is 426. The Kier molecular flexibility index (Phi) is 4.91. The average molecular weight is 245 g/mol. The van der Waals surface area contributed by atoms with Gasteiger partial charge in [0.25, 0.3) is 0 Å². The van der Waals surface area contributed by atoms with Gasteiger partial charge in [-0.25, -0.2) is 0 Å². The maximum atomic E-state index is 11.6. The standard InChI is InChI=1S/C15H19NO2/c1-15(2,3)18-14(17)10-13(11-16)9-12-7-5-4-6-8-12/h4-8,13H,9-10H2,1-3H3. The number of carbonyl (C=O) groups excluding carboxylic acids is 1. The van der Waals surface area contributed by atoms with E-state index in [2.05, 4.69) is 6.07 Å². The highest BCUT2D eigenvalue weighted by atomic mass is 16.6. The molecule has 0 aliphatic heterocycles. The molecule has 0 aliphatic rings. The van der Waals surface area contributed by atoms with Gasteiger partial charge < -0.3 is 4.74 Å². The molecule has 0 radical (unpaired) electrons. The molecule has 1 unspecified atom stereocenters. The third-order valence-electron chi connectivity index (χ3n) is 2.34. The van der Waals surface area contributed by atoms with Gasteiger partial charge in [0.05, 0.1) is 18.4 Å². The number of esters is 1. The van der Waals surface area contributed by atoms with Crippen molar-refractivity contribution < 1.29 is 9.53 Å². The summed E-state index contributed by atoms with van der Waals surface area (Å²) in [6, 6.07) is 11.9. The number of hydrogen-bond acceptors (Lipinski definition) is 3. The van der Waals surface area contributed by atoms with Crippen molar-refractivity contribution in [2.75, 3.05) is 0 Å². The second-order valence-corrected chi connectivity index (χ2v) is 5.31. The molecule has 0 heterocycles. The van der Waals surface area contributed by atoms with Gasteiger partial charge in [0.15, 0.2) is 0 Å². The fourth-order valence-electron chi connectivity index (χ4n) is 1.65. The van der Waals surface area contributed by atoms with Crippen molar-refractivity contribution in [1.82, 2.24) is 0 Å². The molecule has 0 saturated carbocycles. The summed E-state index contributed by atoms with van der Waals surface area (Å²) in [6.07, 6.45) is 0.721. The van der Waals surface area contributed by atoms with Crippen molar-refractivity contribution in [2.45, 2.75) is 39.2 Å². The van der Waals surface area contributed by atoms with E-state index in [0.29, 0.717) is 6.42 Å². The summed E-state index contributed by atoms with van der Waals surface area (Å²) < 4.78 is 5.22. The molecule has 3 nitrogen and oxygen atoms in total. The lowest BCUT2D eigenvalue weighted by molar-refractivity contribution is -0.155. The highest BCUT2D eigenvalue weighted by molar-refractivity contribution is 5.70. The number of rotatable bonds is 4. The predicted octanol–water partition coefficient (Wildman–Crippen LogP) is 3.10. The monoisotopic (exact) mass is 245 g/mol. The topological polar surface area (TPSA) is 50.1 Å². The van der Waals surface area contributed by atoms with E-state index in [1.165, 1.54) is 0 Å². The summed E-state index contributed by atoms with van der Waals surface area (Å²) in [5.74, 6) is -0.646. The van der Waals surface area contributed by atoms with Gasteiger partial charge in [-0.3, -0.25) is 4.79 Å². The molecule has 3 heteroatoms. The predicted molar refractivity (Wildman–Crippen MR) is 69.7 cm³/mol. The van der Waals surface area contributed by atoms with Gasteiger partial charge in [-0.1, -0.05) is 30.3 Å². The highest BCUT2D eigenvalue weighted by Crippen LogP contribution is 2.15. The Morgan fingerprint density at radius 3 is 2.44 bits per heavy atom. The Morgan fingerprint density at radius 1 is 1.33 bits per heavy atom. The maximum absolute atomic E-state index is 11.6. The van der Waals surface area contributed by atoms with E-state index in [-0.39, 0.29) is 18.3 Å². The zero-order chi connectivity index (χ0) is 13.6. The number of benzene rings is 1. The summed E-state index contributed by atoms with van der Waals surface area (Å²) in [5.41, 5.74) is 0.566. The van der Waals surface area contributed by atoms with Crippen LogP contribution in [0.15, 0.2) is 30.3 Å². The van der Waals surface area contributed by atoms with Crippen LogP contribution < -0.4 is 0 Å². The van der Waals surface area contributed by atoms with Crippen molar-refractivity contribution >= 4 is 5.97 Å². The molecule has 0 saturated heterocycles. The van der Waals surface area contributed by atoms with Crippen molar-refractivity contribution in [3.63, 3.8) is 0 Å². The molecule has 96 valence electrons. The highest BCUT2D eigenvalue weighted by Gasteiger charge is 2.20. The van der Waals surface area contributed by atoms with E-state index < -0.39 is 5.60 Å². The second-order valence-electron chi connectivity index (χ2n) is 5.31. The lowest BCUT2D eigenvalue weighted by atomic mass is 9.97. The van der Waals surface area contributed by atoms with E-state index in [1.807, 2.05) is 51.1 Å². The zero-order valence-corrected chi connectivity index (χ0v) is 11.1. The average Bonchev–Trinajstić information content (AvgIpc) is 2.27. The summed E-state index contributed by atoms with van der Waals surface area (Å²) in [7, 11) is 0. The third-order valence-corrected chi connectivity index (χ3v) is 2.34. The summed E-state index contributed by atoms with van der Waals surface area (Å²) in [5, 5.41) is 9.08. The molecule has 0 bridgehead atoms. The Morgan fingerprint density at radius 2 is 1.94 bits per heavy atom. The van der Waals surface area contributed by atoms with Crippen molar-refractivity contribution in [3.8, 4) is 6.07 Å². The quantitative estimate of drug-likeness (QED) is 0.766. The van der Waals surface area contributed by atoms with Crippen LogP contribution in [0.25, 0.3) is 0 Å². The van der Waals surface area contributed by atoms with E-state index in [1.54, 1.807) is 0 Å². The van der Waals surface area contributed by atoms with Gasteiger partial charge in [-0.05, 0) is 32.8 Å². The van der Waals surface area contributed by atoms with E-state index in [4.69, 9.17) is 10.00 Å². The number of nitriles is 1. The molecule has 1 atom stereocenters. The van der Waals surface area contributed by atoms with Crippen LogP contribution in [-0.4, -0.2) is 11.6 Å². The molecule has 0 fully saturated rings. The first kappa shape index (κ1) is 14.2. The number of hydrogen-bond donors (Lipinski definition) is 0. The van der Waals surface area contributed by atoms with Crippen LogP contribution in [0.3, 0.4) is 0 Å². The van der Waals surface area contributed by atoms with Crippen LogP contribution in [0.1, 0.15) is 32.8 Å². The first-order chi connectivity index (χ1) is 8.40. The van der Waals surface area contributed by atoms with Crippen LogP contribution in [0.5, 0.6) is 0 Å². The van der Waals surface area contributed by atoms with E-state index in [0.717, 1.165) is 5.56 Å². The smallest absolute Gasteiger partial charge is 0.307 e. The Labute approximate surface area is 108 Å². The molecule has 1 aromatic rings. The van der Waals surface area contributed by atoms with Crippen LogP contribution >= 0.6 is 0 Å². The van der Waals surface area contributed by atoms with E-state index in [9.17, 15) is 4.79 Å². The largest absolute Gasteiger partial charge is 0.460 e.